The highest BCUT2D eigenvalue weighted by atomic mass is 32.2. The summed E-state index contributed by atoms with van der Waals surface area (Å²) in [6, 6.07) is 24.4. The summed E-state index contributed by atoms with van der Waals surface area (Å²) in [5, 5.41) is 11.4. The second-order valence-electron chi connectivity index (χ2n) is 8.55. The van der Waals surface area contributed by atoms with Gasteiger partial charge in [0.05, 0.1) is 34.2 Å². The Morgan fingerprint density at radius 2 is 1.49 bits per heavy atom. The molecule has 39 heavy (non-hydrogen) atoms. The molecule has 1 unspecified atom stereocenters. The molecule has 5 rings (SSSR count). The highest BCUT2D eigenvalue weighted by molar-refractivity contribution is 7.95. The van der Waals surface area contributed by atoms with Gasteiger partial charge < -0.3 is 14.6 Å². The summed E-state index contributed by atoms with van der Waals surface area (Å²) in [5.74, 6) is 0.548. The number of hydrogen-bond acceptors (Lipinski definition) is 6. The van der Waals surface area contributed by atoms with E-state index in [1.165, 1.54) is 12.1 Å². The van der Waals surface area contributed by atoms with Crippen LogP contribution in [0.25, 0.3) is 0 Å². The van der Waals surface area contributed by atoms with Crippen LogP contribution in [0.4, 0.5) is 35.9 Å². The van der Waals surface area contributed by atoms with E-state index in [4.69, 9.17) is 4.74 Å². The summed E-state index contributed by atoms with van der Waals surface area (Å²) >= 11 is 0. The number of nitrogens with one attached hydrogen (secondary N) is 1. The fourth-order valence-electron chi connectivity index (χ4n) is 4.12. The lowest BCUT2D eigenvalue weighted by Gasteiger charge is -2.33. The second-order valence-corrected chi connectivity index (χ2v) is 10.5. The zero-order valence-corrected chi connectivity index (χ0v) is 21.5. The molecule has 0 spiro atoms. The van der Waals surface area contributed by atoms with Crippen molar-refractivity contribution in [2.24, 2.45) is 4.36 Å². The highest BCUT2D eigenvalue weighted by Crippen LogP contribution is 2.53. The number of phenolic OH excluding ortho intramolecular Hbond substituents is 1. The molecule has 2 N–H and O–H groups in total. The molecule has 1 aliphatic rings. The maximum absolute atomic E-state index is 14.1. The summed E-state index contributed by atoms with van der Waals surface area (Å²) in [5.41, 5.74) is 1.92. The Morgan fingerprint density at radius 3 is 2.08 bits per heavy atom. The molecule has 0 bridgehead atoms. The van der Waals surface area contributed by atoms with E-state index in [9.17, 15) is 22.5 Å². The van der Waals surface area contributed by atoms with Crippen LogP contribution in [0.5, 0.6) is 23.0 Å². The summed E-state index contributed by atoms with van der Waals surface area (Å²) in [4.78, 5) is 1.97. The van der Waals surface area contributed by atoms with Gasteiger partial charge in [0.15, 0.2) is 27.2 Å². The molecule has 1 aliphatic heterocycles. The molecule has 202 valence electrons. The van der Waals surface area contributed by atoms with Crippen molar-refractivity contribution >= 4 is 32.7 Å². The van der Waals surface area contributed by atoms with Crippen LogP contribution in [-0.2, 0) is 9.92 Å². The van der Waals surface area contributed by atoms with E-state index in [1.54, 1.807) is 18.2 Å². The quantitative estimate of drug-likeness (QED) is 0.198. The van der Waals surface area contributed by atoms with Crippen molar-refractivity contribution < 1.29 is 32.0 Å². The molecule has 4 aromatic rings. The number of benzene rings is 4. The zero-order chi connectivity index (χ0) is 27.6. The van der Waals surface area contributed by atoms with Gasteiger partial charge in [-0.25, -0.2) is 8.57 Å². The second kappa shape index (κ2) is 10.4. The van der Waals surface area contributed by atoms with Crippen molar-refractivity contribution in [2.45, 2.75) is 24.6 Å². The number of nitrogens with zero attached hydrogens (tertiary/aromatic N) is 2. The van der Waals surface area contributed by atoms with Crippen LogP contribution in [0, 0.1) is 0 Å². The van der Waals surface area contributed by atoms with Gasteiger partial charge in [-0.2, -0.15) is 0 Å². The van der Waals surface area contributed by atoms with E-state index in [0.717, 1.165) is 12.1 Å². The van der Waals surface area contributed by atoms with Crippen LogP contribution < -0.4 is 19.1 Å². The van der Waals surface area contributed by atoms with Gasteiger partial charge in [-0.15, -0.1) is 13.2 Å². The maximum atomic E-state index is 14.1. The number of phenols is 1. The molecule has 1 heterocycles. The molecule has 4 aromatic carbocycles. The number of halogens is 3. The molecule has 0 fully saturated rings. The van der Waals surface area contributed by atoms with Crippen LogP contribution in [0.15, 0.2) is 100 Å². The third kappa shape index (κ3) is 5.44. The first kappa shape index (κ1) is 26.2. The lowest BCUT2D eigenvalue weighted by molar-refractivity contribution is -0.274. The van der Waals surface area contributed by atoms with Crippen LogP contribution in [0.1, 0.15) is 13.3 Å². The van der Waals surface area contributed by atoms with E-state index in [-0.39, 0.29) is 22.9 Å². The van der Waals surface area contributed by atoms with E-state index in [2.05, 4.69) is 13.8 Å². The van der Waals surface area contributed by atoms with Crippen molar-refractivity contribution in [1.29, 1.82) is 0 Å². The molecule has 11 heteroatoms. The van der Waals surface area contributed by atoms with Crippen molar-refractivity contribution in [3.63, 3.8) is 0 Å². The zero-order valence-electron chi connectivity index (χ0n) is 20.7. The van der Waals surface area contributed by atoms with Crippen molar-refractivity contribution in [3.05, 3.63) is 91.0 Å². The molecule has 0 saturated carbocycles. The van der Waals surface area contributed by atoms with Crippen LogP contribution >= 0.6 is 0 Å². The van der Waals surface area contributed by atoms with Gasteiger partial charge in [0.2, 0.25) is 0 Å². The van der Waals surface area contributed by atoms with Gasteiger partial charge in [0, 0.05) is 0 Å². The molecular weight excluding hydrogens is 531 g/mol. The van der Waals surface area contributed by atoms with Crippen LogP contribution in [-0.4, -0.2) is 22.2 Å². The third-order valence-corrected chi connectivity index (χ3v) is 7.76. The van der Waals surface area contributed by atoms with E-state index >= 15 is 0 Å². The molecule has 0 saturated heterocycles. The number of aromatic hydroxyl groups is 1. The third-order valence-electron chi connectivity index (χ3n) is 5.81. The lowest BCUT2D eigenvalue weighted by Crippen LogP contribution is -2.18. The van der Waals surface area contributed by atoms with Gasteiger partial charge >= 0.3 is 6.36 Å². The number of ether oxygens (including phenoxy) is 2. The summed E-state index contributed by atoms with van der Waals surface area (Å²) in [6.45, 7) is 2.08. The van der Waals surface area contributed by atoms with Crippen molar-refractivity contribution in [3.8, 4) is 23.0 Å². The summed E-state index contributed by atoms with van der Waals surface area (Å²) < 4.78 is 69.0. The normalized spacial score (nSPS) is 13.9. The van der Waals surface area contributed by atoms with E-state index in [1.807, 2.05) is 60.4 Å². The molecule has 0 amide bonds. The average Bonchev–Trinajstić information content (AvgIpc) is 2.91. The Bertz CT molecular complexity index is 1570. The molecule has 7 nitrogen and oxygen atoms in total. The minimum Gasteiger partial charge on any atom is -0.504 e. The fraction of sp³-hybridized carbons (Fsp3) is 0.143. The monoisotopic (exact) mass is 555 g/mol. The maximum Gasteiger partial charge on any atom is 0.573 e. The molecule has 1 atom stereocenters. The molecule has 0 aliphatic carbocycles. The average molecular weight is 556 g/mol. The van der Waals surface area contributed by atoms with Crippen LogP contribution in [0.3, 0.4) is 0 Å². The summed E-state index contributed by atoms with van der Waals surface area (Å²) in [6.07, 6.45) is -4.27. The van der Waals surface area contributed by atoms with Gasteiger partial charge in [0.25, 0.3) is 0 Å². The van der Waals surface area contributed by atoms with Crippen molar-refractivity contribution in [2.75, 3.05) is 16.2 Å². The Kier molecular flexibility index (Phi) is 7.00. The number of fused-ring (bicyclic) bond motifs is 2. The first-order chi connectivity index (χ1) is 18.7. The smallest absolute Gasteiger partial charge is 0.504 e. The lowest BCUT2D eigenvalue weighted by atomic mass is 10.1. The van der Waals surface area contributed by atoms with Gasteiger partial charge in [-0.1, -0.05) is 37.3 Å². The van der Waals surface area contributed by atoms with Gasteiger partial charge in [-0.3, -0.25) is 9.62 Å². The van der Waals surface area contributed by atoms with Crippen LogP contribution in [0.2, 0.25) is 0 Å². The SMILES string of the molecule is CCCN=S(=O)(Nc1cccc(N2c3ccccc3Oc3ccccc32)c1O)c1ccc(OC(F)(F)F)cc1. The Hall–Kier alpha value is -4.38. The van der Waals surface area contributed by atoms with Gasteiger partial charge in [-0.05, 0) is 67.1 Å². The van der Waals surface area contributed by atoms with E-state index in [0.29, 0.717) is 35.0 Å². The Balaban J connectivity index is 1.56. The number of alkyl halides is 3. The minimum absolute atomic E-state index is 0.134. The number of para-hydroxylation sites is 5. The summed E-state index contributed by atoms with van der Waals surface area (Å²) in [7, 11) is -3.40. The number of hydrogen-bond donors (Lipinski definition) is 2. The minimum atomic E-state index is -4.85. The first-order valence-electron chi connectivity index (χ1n) is 12.0. The largest absolute Gasteiger partial charge is 0.573 e. The predicted octanol–water partition coefficient (Wildman–Crippen LogP) is 8.13. The molecular formula is C28H24F3N3O4S. The highest BCUT2D eigenvalue weighted by Gasteiger charge is 2.31. The first-order valence-corrected chi connectivity index (χ1v) is 13.5. The Morgan fingerprint density at radius 1 is 0.897 bits per heavy atom. The predicted molar refractivity (Wildman–Crippen MR) is 144 cm³/mol. The number of anilines is 4. The number of rotatable bonds is 7. The molecule has 0 aromatic heterocycles. The van der Waals surface area contributed by atoms with Gasteiger partial charge in [0.1, 0.15) is 5.75 Å². The topological polar surface area (TPSA) is 83.4 Å². The van der Waals surface area contributed by atoms with Crippen molar-refractivity contribution in [1.82, 2.24) is 0 Å². The molecule has 0 radical (unpaired) electrons. The standard InChI is InChI=1S/C28H24F3N3O4S/c1-2-18-32-39(36,20-16-14-19(15-17-20)38-28(29,30)31)33-21-8-7-11-24(27(21)35)34-22-9-3-5-12-25(22)37-26-13-6-4-10-23(26)34/h3-17,35H,2,18H2,1H3,(H,32,33,36). The van der Waals surface area contributed by atoms with E-state index < -0.39 is 22.0 Å². The fourth-order valence-corrected chi connectivity index (χ4v) is 5.86. The Labute approximate surface area is 223 Å².